The van der Waals surface area contributed by atoms with Crippen LogP contribution in [0.4, 0.5) is 0 Å². The first-order chi connectivity index (χ1) is 15.2. The first-order valence-corrected chi connectivity index (χ1v) is 10.8. The highest BCUT2D eigenvalue weighted by Gasteiger charge is 2.66. The average Bonchev–Trinajstić information content (AvgIpc) is 3.22. The number of aliphatic hydroxyl groups excluding tert-OH is 4. The fraction of sp³-hybridized carbons (Fsp3) is 0.682. The molecule has 9 atom stereocenters. The highest BCUT2D eigenvalue weighted by atomic mass is 16.7. The van der Waals surface area contributed by atoms with Gasteiger partial charge < -0.3 is 44.5 Å². The van der Waals surface area contributed by atoms with E-state index < -0.39 is 54.7 Å². The summed E-state index contributed by atoms with van der Waals surface area (Å²) < 4.78 is 22.7. The number of ether oxygens (including phenoxy) is 4. The van der Waals surface area contributed by atoms with Gasteiger partial charge in [-0.2, -0.15) is 0 Å². The third kappa shape index (κ3) is 3.06. The highest BCUT2D eigenvalue weighted by Crippen LogP contribution is 2.59. The number of rotatable bonds is 5. The molecule has 2 saturated heterocycles. The number of esters is 1. The van der Waals surface area contributed by atoms with Gasteiger partial charge in [0.2, 0.25) is 5.79 Å². The molecule has 5 N–H and O–H groups in total. The predicted molar refractivity (Wildman–Crippen MR) is 106 cm³/mol. The van der Waals surface area contributed by atoms with Crippen LogP contribution in [-0.4, -0.2) is 93.4 Å². The second-order valence-corrected chi connectivity index (χ2v) is 9.16. The predicted octanol–water partition coefficient (Wildman–Crippen LogP) is -1.34. The lowest BCUT2D eigenvalue weighted by molar-refractivity contribution is -0.300. The van der Waals surface area contributed by atoms with Crippen molar-refractivity contribution in [1.82, 2.24) is 0 Å². The van der Waals surface area contributed by atoms with Gasteiger partial charge in [0.25, 0.3) is 0 Å². The third-order valence-corrected chi connectivity index (χ3v) is 7.40. The van der Waals surface area contributed by atoms with Crippen LogP contribution in [0, 0.1) is 11.8 Å². The molecule has 10 heteroatoms. The van der Waals surface area contributed by atoms with Crippen molar-refractivity contribution in [3.8, 4) is 0 Å². The minimum absolute atomic E-state index is 0.0172. The highest BCUT2D eigenvalue weighted by molar-refractivity contribution is 5.94. The van der Waals surface area contributed by atoms with Crippen molar-refractivity contribution in [3.63, 3.8) is 0 Å². The van der Waals surface area contributed by atoms with Crippen LogP contribution in [0.5, 0.6) is 0 Å². The summed E-state index contributed by atoms with van der Waals surface area (Å²) in [5, 5.41) is 50.3. The Bertz CT molecular complexity index is 880. The monoisotopic (exact) mass is 452 g/mol. The molecule has 1 spiro atoms. The lowest BCUT2D eigenvalue weighted by Gasteiger charge is -2.47. The SMILES string of the molecule is C=C1CC[C@H]2[C@@H]1[C@]13OC[C@@]2(O)C=CC1=C(CCO[C@@H]1O[C@H](CO)[C@@H](O)[C@H](O)[C@H]1O)C(=O)O3. The van der Waals surface area contributed by atoms with Crippen LogP contribution >= 0.6 is 0 Å². The van der Waals surface area contributed by atoms with Gasteiger partial charge in [-0.1, -0.05) is 18.2 Å². The second kappa shape index (κ2) is 7.71. The zero-order chi connectivity index (χ0) is 22.8. The normalized spacial score (nSPS) is 47.5. The topological polar surface area (TPSA) is 155 Å². The van der Waals surface area contributed by atoms with Gasteiger partial charge in [-0.15, -0.1) is 0 Å². The van der Waals surface area contributed by atoms with E-state index in [1.165, 1.54) is 0 Å². The molecule has 0 amide bonds. The van der Waals surface area contributed by atoms with Gasteiger partial charge in [0.05, 0.1) is 25.7 Å². The summed E-state index contributed by atoms with van der Waals surface area (Å²) in [5.74, 6) is -2.37. The third-order valence-electron chi connectivity index (χ3n) is 7.40. The molecular weight excluding hydrogens is 424 g/mol. The molecule has 4 heterocycles. The molecule has 0 radical (unpaired) electrons. The maximum Gasteiger partial charge on any atom is 0.337 e. The molecule has 2 bridgehead atoms. The molecule has 176 valence electrons. The van der Waals surface area contributed by atoms with Crippen LogP contribution in [0.1, 0.15) is 19.3 Å². The number of carbonyl (C=O) groups is 1. The Hall–Kier alpha value is -1.63. The van der Waals surface area contributed by atoms with Gasteiger partial charge in [-0.3, -0.25) is 0 Å². The zero-order valence-electron chi connectivity index (χ0n) is 17.4. The minimum atomic E-state index is -1.55. The van der Waals surface area contributed by atoms with Crippen LogP contribution in [0.15, 0.2) is 35.5 Å². The van der Waals surface area contributed by atoms with Crippen LogP contribution in [0.2, 0.25) is 0 Å². The summed E-state index contributed by atoms with van der Waals surface area (Å²) in [5.41, 5.74) is 0.583. The molecule has 6 aliphatic rings. The molecule has 32 heavy (non-hydrogen) atoms. The van der Waals surface area contributed by atoms with Crippen LogP contribution in [0.25, 0.3) is 0 Å². The second-order valence-electron chi connectivity index (χ2n) is 9.16. The maximum absolute atomic E-state index is 12.8. The molecule has 4 aliphatic heterocycles. The van der Waals surface area contributed by atoms with Crippen molar-refractivity contribution in [2.45, 2.75) is 61.4 Å². The van der Waals surface area contributed by atoms with E-state index in [1.54, 1.807) is 12.2 Å². The zero-order valence-corrected chi connectivity index (χ0v) is 17.4. The van der Waals surface area contributed by atoms with Crippen molar-refractivity contribution in [2.24, 2.45) is 11.8 Å². The number of carbonyl (C=O) groups excluding carboxylic acids is 1. The summed E-state index contributed by atoms with van der Waals surface area (Å²) in [6.45, 7) is 3.51. The molecule has 3 fully saturated rings. The number of hydrogen-bond acceptors (Lipinski definition) is 10. The Morgan fingerprint density at radius 2 is 2.00 bits per heavy atom. The molecule has 0 unspecified atom stereocenters. The standard InChI is InChI=1S/C22H28O10/c1-10-2-3-13-15(10)22-12(4-6-21(13,28)9-30-22)11(19(27)32-22)5-7-29-20-18(26)17(25)16(24)14(8-23)31-20/h4,6,13-18,20,23-26,28H,1-3,5,7-9H2/t13-,14+,15+,16+,17-,18+,20+,21-,22-/m0/s1. The van der Waals surface area contributed by atoms with E-state index in [9.17, 15) is 30.3 Å². The Kier molecular flexibility index (Phi) is 5.34. The van der Waals surface area contributed by atoms with Gasteiger partial charge in [-0.25, -0.2) is 4.79 Å². The summed E-state index contributed by atoms with van der Waals surface area (Å²) in [4.78, 5) is 12.8. The van der Waals surface area contributed by atoms with E-state index in [-0.39, 0.29) is 31.5 Å². The summed E-state index contributed by atoms with van der Waals surface area (Å²) >= 11 is 0. The molecular formula is C22H28O10. The van der Waals surface area contributed by atoms with Crippen LogP contribution in [0.3, 0.4) is 0 Å². The van der Waals surface area contributed by atoms with Crippen molar-refractivity contribution < 1.29 is 49.3 Å². The van der Waals surface area contributed by atoms with Gasteiger partial charge in [0.1, 0.15) is 30.0 Å². The van der Waals surface area contributed by atoms with E-state index >= 15 is 0 Å². The van der Waals surface area contributed by atoms with Gasteiger partial charge >= 0.3 is 5.97 Å². The first-order valence-electron chi connectivity index (χ1n) is 10.8. The van der Waals surface area contributed by atoms with Crippen molar-refractivity contribution in [2.75, 3.05) is 19.8 Å². The fourth-order valence-corrected chi connectivity index (χ4v) is 5.69. The molecule has 0 aromatic rings. The minimum Gasteiger partial charge on any atom is -0.424 e. The Balaban J connectivity index is 1.36. The van der Waals surface area contributed by atoms with E-state index in [1.807, 2.05) is 0 Å². The van der Waals surface area contributed by atoms with Crippen molar-refractivity contribution in [3.05, 3.63) is 35.5 Å². The Morgan fingerprint density at radius 1 is 1.22 bits per heavy atom. The molecule has 0 aromatic heterocycles. The lowest BCUT2D eigenvalue weighted by Crippen LogP contribution is -2.59. The quantitative estimate of drug-likeness (QED) is 0.250. The smallest absolute Gasteiger partial charge is 0.337 e. The molecule has 2 aliphatic carbocycles. The summed E-state index contributed by atoms with van der Waals surface area (Å²) in [6.07, 6.45) is -2.02. The summed E-state index contributed by atoms with van der Waals surface area (Å²) in [6, 6.07) is 0. The average molecular weight is 452 g/mol. The number of aliphatic hydroxyl groups is 5. The van der Waals surface area contributed by atoms with Gasteiger partial charge in [0, 0.05) is 23.5 Å². The number of hydrogen-bond donors (Lipinski definition) is 5. The number of fused-ring (bicyclic) bond motifs is 1. The molecule has 1 saturated carbocycles. The van der Waals surface area contributed by atoms with Crippen molar-refractivity contribution in [1.29, 1.82) is 0 Å². The van der Waals surface area contributed by atoms with E-state index in [4.69, 9.17) is 18.9 Å². The van der Waals surface area contributed by atoms with E-state index in [0.717, 1.165) is 18.4 Å². The van der Waals surface area contributed by atoms with Gasteiger partial charge in [-0.05, 0) is 18.9 Å². The Labute approximate surface area is 184 Å². The lowest BCUT2D eigenvalue weighted by atomic mass is 9.74. The van der Waals surface area contributed by atoms with Crippen LogP contribution < -0.4 is 0 Å². The van der Waals surface area contributed by atoms with Crippen molar-refractivity contribution >= 4 is 5.97 Å². The fourth-order valence-electron chi connectivity index (χ4n) is 5.69. The summed E-state index contributed by atoms with van der Waals surface area (Å²) in [7, 11) is 0. The first kappa shape index (κ1) is 22.2. The Morgan fingerprint density at radius 3 is 2.75 bits per heavy atom. The van der Waals surface area contributed by atoms with E-state index in [0.29, 0.717) is 11.1 Å². The van der Waals surface area contributed by atoms with Gasteiger partial charge in [0.15, 0.2) is 6.29 Å². The van der Waals surface area contributed by atoms with Crippen LogP contribution in [-0.2, 0) is 23.7 Å². The molecule has 6 rings (SSSR count). The largest absolute Gasteiger partial charge is 0.424 e. The van der Waals surface area contributed by atoms with E-state index in [2.05, 4.69) is 6.58 Å². The molecule has 0 aromatic carbocycles. The maximum atomic E-state index is 12.8. The molecule has 10 nitrogen and oxygen atoms in total.